The molecule has 11 heteroatoms. The van der Waals surface area contributed by atoms with Crippen molar-refractivity contribution in [2.75, 3.05) is 24.9 Å². The lowest BCUT2D eigenvalue weighted by molar-refractivity contribution is 0.350. The molecule has 0 bridgehead atoms. The molecule has 9 nitrogen and oxygen atoms in total. The minimum atomic E-state index is -1.22. The van der Waals surface area contributed by atoms with Crippen molar-refractivity contribution in [3.8, 4) is 0 Å². The molecular formula is C19H19ClN7O2P. The van der Waals surface area contributed by atoms with Gasteiger partial charge >= 0.3 is 0 Å². The van der Waals surface area contributed by atoms with E-state index in [1.54, 1.807) is 18.9 Å². The molecule has 154 valence electrons. The summed E-state index contributed by atoms with van der Waals surface area (Å²) in [4.78, 5) is 8.79. The van der Waals surface area contributed by atoms with Gasteiger partial charge in [0, 0.05) is 27.0 Å². The van der Waals surface area contributed by atoms with Crippen molar-refractivity contribution in [2.45, 2.75) is 0 Å². The SMILES string of the molecule is COP(OC)c1ccccc1Nc1nc(Nc2ccc3c(c2)nnn3C)ncc1Cl. The van der Waals surface area contributed by atoms with Gasteiger partial charge < -0.3 is 19.7 Å². The van der Waals surface area contributed by atoms with Gasteiger partial charge in [-0.1, -0.05) is 28.9 Å². The number of aryl methyl sites for hydroxylation is 1. The molecular weight excluding hydrogens is 425 g/mol. The number of benzene rings is 2. The van der Waals surface area contributed by atoms with E-state index in [1.807, 2.05) is 49.5 Å². The molecule has 0 saturated carbocycles. The van der Waals surface area contributed by atoms with Gasteiger partial charge in [0.05, 0.1) is 22.7 Å². The van der Waals surface area contributed by atoms with Crippen molar-refractivity contribution in [3.63, 3.8) is 0 Å². The predicted octanol–water partition coefficient (Wildman–Crippen LogP) is 4.13. The van der Waals surface area contributed by atoms with Crippen LogP contribution in [0.15, 0.2) is 48.7 Å². The number of hydrogen-bond acceptors (Lipinski definition) is 8. The second-order valence-corrected chi connectivity index (χ2v) is 8.33. The summed E-state index contributed by atoms with van der Waals surface area (Å²) >= 11 is 6.34. The van der Waals surface area contributed by atoms with Gasteiger partial charge in [0.2, 0.25) is 14.3 Å². The highest BCUT2D eigenvalue weighted by molar-refractivity contribution is 7.56. The van der Waals surface area contributed by atoms with Gasteiger partial charge in [-0.15, -0.1) is 5.10 Å². The van der Waals surface area contributed by atoms with E-state index in [9.17, 15) is 0 Å². The summed E-state index contributed by atoms with van der Waals surface area (Å²) in [5, 5.41) is 15.8. The van der Waals surface area contributed by atoms with E-state index in [0.717, 1.165) is 27.7 Å². The van der Waals surface area contributed by atoms with E-state index in [1.165, 1.54) is 6.20 Å². The van der Waals surface area contributed by atoms with Crippen LogP contribution in [-0.2, 0) is 16.1 Å². The fraction of sp³-hybridized carbons (Fsp3) is 0.158. The average molecular weight is 444 g/mol. The van der Waals surface area contributed by atoms with Crippen LogP contribution < -0.4 is 15.9 Å². The van der Waals surface area contributed by atoms with Crippen LogP contribution in [0.2, 0.25) is 5.02 Å². The van der Waals surface area contributed by atoms with E-state index in [2.05, 4.69) is 30.9 Å². The molecule has 4 rings (SSSR count). The van der Waals surface area contributed by atoms with E-state index in [0.29, 0.717) is 16.8 Å². The van der Waals surface area contributed by atoms with Crippen LogP contribution in [0.4, 0.5) is 23.1 Å². The van der Waals surface area contributed by atoms with Crippen molar-refractivity contribution in [1.82, 2.24) is 25.0 Å². The highest BCUT2D eigenvalue weighted by Gasteiger charge is 2.16. The zero-order valence-corrected chi connectivity index (χ0v) is 18.1. The maximum atomic E-state index is 6.34. The van der Waals surface area contributed by atoms with Crippen LogP contribution in [0.3, 0.4) is 0 Å². The van der Waals surface area contributed by atoms with E-state index >= 15 is 0 Å². The van der Waals surface area contributed by atoms with Crippen molar-refractivity contribution >= 4 is 59.5 Å². The third kappa shape index (κ3) is 4.20. The highest BCUT2D eigenvalue weighted by Crippen LogP contribution is 2.38. The first-order chi connectivity index (χ1) is 14.6. The first-order valence-electron chi connectivity index (χ1n) is 8.92. The van der Waals surface area contributed by atoms with Crippen molar-refractivity contribution < 1.29 is 9.05 Å². The number of fused-ring (bicyclic) bond motifs is 1. The molecule has 0 amide bonds. The number of halogens is 1. The molecule has 0 radical (unpaired) electrons. The smallest absolute Gasteiger partial charge is 0.229 e. The molecule has 2 aromatic heterocycles. The zero-order chi connectivity index (χ0) is 21.1. The zero-order valence-electron chi connectivity index (χ0n) is 16.5. The van der Waals surface area contributed by atoms with E-state index < -0.39 is 8.38 Å². The number of rotatable bonds is 7. The third-order valence-electron chi connectivity index (χ3n) is 4.30. The first-order valence-corrected chi connectivity index (χ1v) is 10.5. The molecule has 0 spiro atoms. The summed E-state index contributed by atoms with van der Waals surface area (Å²) in [5.74, 6) is 0.854. The monoisotopic (exact) mass is 443 g/mol. The Bertz CT molecular complexity index is 1180. The molecule has 0 unspecified atom stereocenters. The van der Waals surface area contributed by atoms with Crippen LogP contribution in [0, 0.1) is 0 Å². The topological polar surface area (TPSA) is 99.0 Å². The van der Waals surface area contributed by atoms with Gasteiger partial charge in [0.25, 0.3) is 0 Å². The van der Waals surface area contributed by atoms with Gasteiger partial charge in [-0.3, -0.25) is 0 Å². The van der Waals surface area contributed by atoms with Crippen molar-refractivity contribution in [3.05, 3.63) is 53.7 Å². The van der Waals surface area contributed by atoms with E-state index in [4.69, 9.17) is 20.6 Å². The average Bonchev–Trinajstić information content (AvgIpc) is 3.12. The van der Waals surface area contributed by atoms with Crippen molar-refractivity contribution in [1.29, 1.82) is 0 Å². The molecule has 0 aliphatic rings. The largest absolute Gasteiger partial charge is 0.338 e. The first kappa shape index (κ1) is 20.4. The lowest BCUT2D eigenvalue weighted by atomic mass is 10.3. The van der Waals surface area contributed by atoms with Crippen molar-refractivity contribution in [2.24, 2.45) is 7.05 Å². The number of anilines is 4. The Morgan fingerprint density at radius 1 is 1.07 bits per heavy atom. The summed E-state index contributed by atoms with van der Waals surface area (Å²) in [6, 6.07) is 13.4. The highest BCUT2D eigenvalue weighted by atomic mass is 35.5. The molecule has 2 aromatic carbocycles. The number of para-hydroxylation sites is 1. The van der Waals surface area contributed by atoms with Crippen LogP contribution in [0.5, 0.6) is 0 Å². The molecule has 2 N–H and O–H groups in total. The fourth-order valence-electron chi connectivity index (χ4n) is 2.90. The quantitative estimate of drug-likeness (QED) is 0.411. The Labute approximate surface area is 179 Å². The van der Waals surface area contributed by atoms with Gasteiger partial charge in [0.1, 0.15) is 10.5 Å². The second-order valence-electron chi connectivity index (χ2n) is 6.20. The molecule has 0 aliphatic carbocycles. The standard InChI is InChI=1S/C19H19ClN7O2P/c1-27-16-9-8-12(10-15(16)25-26-27)22-19-21-11-13(20)18(24-19)23-14-6-4-5-7-17(14)30(28-2)29-3/h4-11H,1-3H3,(H2,21,22,23,24). The fourth-order valence-corrected chi connectivity index (χ4v) is 4.12. The predicted molar refractivity (Wildman–Crippen MR) is 119 cm³/mol. The molecule has 2 heterocycles. The number of nitrogens with zero attached hydrogens (tertiary/aromatic N) is 5. The molecule has 4 aromatic rings. The summed E-state index contributed by atoms with van der Waals surface area (Å²) in [7, 11) is 3.85. The van der Waals surface area contributed by atoms with Gasteiger partial charge in [-0.25, -0.2) is 9.67 Å². The minimum Gasteiger partial charge on any atom is -0.338 e. The summed E-state index contributed by atoms with van der Waals surface area (Å²) < 4.78 is 12.6. The van der Waals surface area contributed by atoms with Crippen LogP contribution in [-0.4, -0.2) is 39.2 Å². The maximum absolute atomic E-state index is 6.34. The summed E-state index contributed by atoms with van der Waals surface area (Å²) in [5.41, 5.74) is 3.29. The Balaban J connectivity index is 1.61. The normalized spacial score (nSPS) is 11.2. The number of aromatic nitrogens is 5. The molecule has 0 saturated heterocycles. The Kier molecular flexibility index (Phi) is 6.06. The Morgan fingerprint density at radius 2 is 1.87 bits per heavy atom. The van der Waals surface area contributed by atoms with Gasteiger partial charge in [-0.05, 0) is 30.3 Å². The maximum Gasteiger partial charge on any atom is 0.229 e. The number of hydrogen-bond donors (Lipinski definition) is 2. The second kappa shape index (κ2) is 8.89. The molecule has 0 fully saturated rings. The summed E-state index contributed by atoms with van der Waals surface area (Å²) in [6.07, 6.45) is 1.54. The summed E-state index contributed by atoms with van der Waals surface area (Å²) in [6.45, 7) is 0. The van der Waals surface area contributed by atoms with Gasteiger partial charge in [0.15, 0.2) is 5.82 Å². The van der Waals surface area contributed by atoms with E-state index in [-0.39, 0.29) is 0 Å². The lowest BCUT2D eigenvalue weighted by Gasteiger charge is -2.17. The lowest BCUT2D eigenvalue weighted by Crippen LogP contribution is -2.11. The Hall–Kier alpha value is -2.84. The Morgan fingerprint density at radius 3 is 2.67 bits per heavy atom. The molecule has 30 heavy (non-hydrogen) atoms. The number of nitrogens with one attached hydrogen (secondary N) is 2. The third-order valence-corrected chi connectivity index (χ3v) is 6.02. The van der Waals surface area contributed by atoms with Crippen LogP contribution in [0.1, 0.15) is 0 Å². The van der Waals surface area contributed by atoms with Crippen LogP contribution in [0.25, 0.3) is 11.0 Å². The van der Waals surface area contributed by atoms with Crippen LogP contribution >= 0.6 is 20.0 Å². The van der Waals surface area contributed by atoms with Gasteiger partial charge in [-0.2, -0.15) is 4.98 Å². The molecule has 0 atom stereocenters. The minimum absolute atomic E-state index is 0.388. The molecule has 0 aliphatic heterocycles.